The van der Waals surface area contributed by atoms with Gasteiger partial charge in [0.05, 0.1) is 17.7 Å². The fourth-order valence-corrected chi connectivity index (χ4v) is 2.29. The van der Waals surface area contributed by atoms with Crippen molar-refractivity contribution in [3.63, 3.8) is 0 Å². The third-order valence-electron chi connectivity index (χ3n) is 3.12. The molecular weight excluding hydrogens is 288 g/mol. The number of methoxy groups -OCH3 is 1. The average Bonchev–Trinajstić information content (AvgIpc) is 2.46. The van der Waals surface area contributed by atoms with Crippen LogP contribution < -0.4 is 4.74 Å². The van der Waals surface area contributed by atoms with Crippen LogP contribution in [0.4, 0.5) is 0 Å². The number of benzene rings is 1. The molecule has 110 valence electrons. The Kier molecular flexibility index (Phi) is 4.81. The number of hydrogen-bond donors (Lipinski definition) is 0. The summed E-state index contributed by atoms with van der Waals surface area (Å²) < 4.78 is 5.18. The molecule has 0 fully saturated rings. The van der Waals surface area contributed by atoms with Crippen LogP contribution in [0.1, 0.15) is 21.6 Å². The fourth-order valence-electron chi connectivity index (χ4n) is 2.01. The van der Waals surface area contributed by atoms with Crippen LogP contribution in [0.2, 0.25) is 5.02 Å². The molecule has 0 N–H and O–H groups in total. The van der Waals surface area contributed by atoms with Gasteiger partial charge in [-0.2, -0.15) is 0 Å². The number of halogens is 1. The quantitative estimate of drug-likeness (QED) is 0.870. The van der Waals surface area contributed by atoms with E-state index < -0.39 is 0 Å². The van der Waals surface area contributed by atoms with Gasteiger partial charge in [0.2, 0.25) is 0 Å². The smallest absolute Gasteiger partial charge is 0.256 e. The predicted octanol–water partition coefficient (Wildman–Crippen LogP) is 3.32. The summed E-state index contributed by atoms with van der Waals surface area (Å²) in [6.45, 7) is 2.31. The highest BCUT2D eigenvalue weighted by Gasteiger charge is 2.16. The molecule has 0 aliphatic heterocycles. The summed E-state index contributed by atoms with van der Waals surface area (Å²) in [5, 5.41) is 0.421. The van der Waals surface area contributed by atoms with Crippen LogP contribution in [0.5, 0.6) is 5.75 Å². The summed E-state index contributed by atoms with van der Waals surface area (Å²) in [6, 6.07) is 9.30. The Hall–Kier alpha value is -2.07. The van der Waals surface area contributed by atoms with Gasteiger partial charge in [-0.15, -0.1) is 0 Å². The third kappa shape index (κ3) is 3.73. The van der Waals surface area contributed by atoms with E-state index in [1.165, 1.54) is 6.20 Å². The predicted molar refractivity (Wildman–Crippen MR) is 82.8 cm³/mol. The molecular formula is C16H17ClN2O2. The number of aromatic nitrogens is 1. The number of amides is 1. The number of aryl methyl sites for hydroxylation is 1. The molecule has 0 saturated carbocycles. The van der Waals surface area contributed by atoms with E-state index in [-0.39, 0.29) is 5.91 Å². The average molecular weight is 305 g/mol. The van der Waals surface area contributed by atoms with Gasteiger partial charge in [0, 0.05) is 25.5 Å². The molecule has 0 saturated heterocycles. The normalized spacial score (nSPS) is 10.3. The standard InChI is InChI=1S/C16H17ClN2O2/c1-11-7-15(17)14(9-18-11)16(20)19(2)10-12-5-4-6-13(8-12)21-3/h4-9H,10H2,1-3H3. The Balaban J connectivity index is 2.15. The second kappa shape index (κ2) is 6.59. The van der Waals surface area contributed by atoms with Crippen molar-refractivity contribution in [2.24, 2.45) is 0 Å². The fraction of sp³-hybridized carbons (Fsp3) is 0.250. The Bertz CT molecular complexity index is 658. The van der Waals surface area contributed by atoms with Crippen LogP contribution in [0, 0.1) is 6.92 Å². The minimum atomic E-state index is -0.157. The maximum atomic E-state index is 12.4. The summed E-state index contributed by atoms with van der Waals surface area (Å²) in [7, 11) is 3.35. The summed E-state index contributed by atoms with van der Waals surface area (Å²) in [6.07, 6.45) is 1.52. The van der Waals surface area contributed by atoms with Crippen molar-refractivity contribution < 1.29 is 9.53 Å². The third-order valence-corrected chi connectivity index (χ3v) is 3.43. The SMILES string of the molecule is COc1cccc(CN(C)C(=O)c2cnc(C)cc2Cl)c1. The molecule has 1 aromatic carbocycles. The van der Waals surface area contributed by atoms with E-state index in [9.17, 15) is 4.79 Å². The molecule has 5 heteroatoms. The highest BCUT2D eigenvalue weighted by molar-refractivity contribution is 6.33. The maximum Gasteiger partial charge on any atom is 0.256 e. The number of rotatable bonds is 4. The molecule has 1 aromatic heterocycles. The van der Waals surface area contributed by atoms with Crippen molar-refractivity contribution in [2.75, 3.05) is 14.2 Å². The van der Waals surface area contributed by atoms with Gasteiger partial charge in [-0.1, -0.05) is 23.7 Å². The van der Waals surface area contributed by atoms with Crippen molar-refractivity contribution in [1.82, 2.24) is 9.88 Å². The van der Waals surface area contributed by atoms with Gasteiger partial charge in [-0.05, 0) is 30.7 Å². The Morgan fingerprint density at radius 3 is 2.81 bits per heavy atom. The lowest BCUT2D eigenvalue weighted by molar-refractivity contribution is 0.0784. The van der Waals surface area contributed by atoms with Gasteiger partial charge in [-0.3, -0.25) is 9.78 Å². The van der Waals surface area contributed by atoms with E-state index in [0.717, 1.165) is 17.0 Å². The lowest BCUT2D eigenvalue weighted by Gasteiger charge is -2.18. The first-order valence-electron chi connectivity index (χ1n) is 6.52. The largest absolute Gasteiger partial charge is 0.497 e. The lowest BCUT2D eigenvalue weighted by atomic mass is 10.2. The second-order valence-corrected chi connectivity index (χ2v) is 5.23. The van der Waals surface area contributed by atoms with Crippen molar-refractivity contribution >= 4 is 17.5 Å². The molecule has 0 unspecified atom stereocenters. The molecule has 4 nitrogen and oxygen atoms in total. The number of carbonyl (C=O) groups excluding carboxylic acids is 1. The van der Waals surface area contributed by atoms with Crippen LogP contribution in [0.3, 0.4) is 0 Å². The van der Waals surface area contributed by atoms with E-state index in [2.05, 4.69) is 4.98 Å². The van der Waals surface area contributed by atoms with Crippen LogP contribution in [-0.2, 0) is 6.54 Å². The Morgan fingerprint density at radius 1 is 1.38 bits per heavy atom. The molecule has 2 aromatic rings. The lowest BCUT2D eigenvalue weighted by Crippen LogP contribution is -2.26. The zero-order valence-corrected chi connectivity index (χ0v) is 13.0. The van der Waals surface area contributed by atoms with E-state index >= 15 is 0 Å². The van der Waals surface area contributed by atoms with Gasteiger partial charge >= 0.3 is 0 Å². The molecule has 0 atom stereocenters. The number of nitrogens with zero attached hydrogens (tertiary/aromatic N) is 2. The summed E-state index contributed by atoms with van der Waals surface area (Å²) in [5.74, 6) is 0.610. The first kappa shape index (κ1) is 15.3. The van der Waals surface area contributed by atoms with Crippen LogP contribution in [0.25, 0.3) is 0 Å². The summed E-state index contributed by atoms with van der Waals surface area (Å²) >= 11 is 6.11. The second-order valence-electron chi connectivity index (χ2n) is 4.82. The topological polar surface area (TPSA) is 42.4 Å². The van der Waals surface area contributed by atoms with Gasteiger partial charge < -0.3 is 9.64 Å². The minimum Gasteiger partial charge on any atom is -0.497 e. The van der Waals surface area contributed by atoms with E-state index in [4.69, 9.17) is 16.3 Å². The Morgan fingerprint density at radius 2 is 2.14 bits per heavy atom. The van der Waals surface area contributed by atoms with Crippen molar-refractivity contribution in [1.29, 1.82) is 0 Å². The molecule has 2 rings (SSSR count). The maximum absolute atomic E-state index is 12.4. The van der Waals surface area contributed by atoms with E-state index in [0.29, 0.717) is 17.1 Å². The number of carbonyl (C=O) groups is 1. The zero-order chi connectivity index (χ0) is 15.4. The van der Waals surface area contributed by atoms with E-state index in [1.807, 2.05) is 31.2 Å². The Labute approximate surface area is 129 Å². The van der Waals surface area contributed by atoms with Gasteiger partial charge in [0.1, 0.15) is 5.75 Å². The van der Waals surface area contributed by atoms with Crippen molar-refractivity contribution in [3.05, 3.63) is 58.4 Å². The molecule has 1 heterocycles. The van der Waals surface area contributed by atoms with Crippen molar-refractivity contribution in [3.8, 4) is 5.75 Å². The molecule has 0 spiro atoms. The summed E-state index contributed by atoms with van der Waals surface area (Å²) in [5.41, 5.74) is 2.18. The first-order chi connectivity index (χ1) is 10.0. The zero-order valence-electron chi connectivity index (χ0n) is 12.3. The molecule has 0 bridgehead atoms. The molecule has 0 aliphatic rings. The highest BCUT2D eigenvalue weighted by atomic mass is 35.5. The monoisotopic (exact) mass is 304 g/mol. The highest BCUT2D eigenvalue weighted by Crippen LogP contribution is 2.19. The van der Waals surface area contributed by atoms with Gasteiger partial charge in [0.25, 0.3) is 5.91 Å². The van der Waals surface area contributed by atoms with Crippen LogP contribution in [0.15, 0.2) is 36.5 Å². The molecule has 0 aliphatic carbocycles. The van der Waals surface area contributed by atoms with E-state index in [1.54, 1.807) is 25.1 Å². The number of pyridine rings is 1. The molecule has 1 amide bonds. The van der Waals surface area contributed by atoms with Crippen LogP contribution >= 0.6 is 11.6 Å². The first-order valence-corrected chi connectivity index (χ1v) is 6.89. The summed E-state index contributed by atoms with van der Waals surface area (Å²) in [4.78, 5) is 18.1. The minimum absolute atomic E-state index is 0.157. The number of ether oxygens (including phenoxy) is 1. The van der Waals surface area contributed by atoms with Gasteiger partial charge in [-0.25, -0.2) is 0 Å². The molecule has 21 heavy (non-hydrogen) atoms. The van der Waals surface area contributed by atoms with Gasteiger partial charge in [0.15, 0.2) is 0 Å². The van der Waals surface area contributed by atoms with Crippen LogP contribution in [-0.4, -0.2) is 29.9 Å². The van der Waals surface area contributed by atoms with Crippen molar-refractivity contribution in [2.45, 2.75) is 13.5 Å². The molecule has 0 radical (unpaired) electrons. The number of hydrogen-bond acceptors (Lipinski definition) is 3.